The van der Waals surface area contributed by atoms with Gasteiger partial charge < -0.3 is 4.74 Å². The van der Waals surface area contributed by atoms with E-state index in [0.29, 0.717) is 5.03 Å². The molecule has 2 rings (SSSR count). The van der Waals surface area contributed by atoms with Crippen LogP contribution < -0.4 is 0 Å². The fraction of sp³-hybridized carbons (Fsp3) is 0.500. The summed E-state index contributed by atoms with van der Waals surface area (Å²) in [5.41, 5.74) is -0.656. The number of fused-ring (bicyclic) bond motifs is 2. The maximum absolute atomic E-state index is 5.99. The fourth-order valence-electron chi connectivity index (χ4n) is 1.42. The Bertz CT molecular complexity index is 320. The van der Waals surface area contributed by atoms with Crippen LogP contribution in [0.4, 0.5) is 0 Å². The topological polar surface area (TPSA) is 9.23 Å². The maximum atomic E-state index is 5.99. The van der Waals surface area contributed by atoms with E-state index in [0.717, 1.165) is 0 Å². The summed E-state index contributed by atoms with van der Waals surface area (Å²) in [7, 11) is 0. The van der Waals surface area contributed by atoms with E-state index in [9.17, 15) is 0 Å². The van der Waals surface area contributed by atoms with Crippen LogP contribution in [0.2, 0.25) is 0 Å². The first-order chi connectivity index (χ1) is 5.88. The minimum absolute atomic E-state index is 0.251. The van der Waals surface area contributed by atoms with Crippen molar-refractivity contribution < 1.29 is 4.74 Å². The smallest absolute Gasteiger partial charge is 0.184 e. The monoisotopic (exact) mass is 258 g/mol. The van der Waals surface area contributed by atoms with E-state index in [1.54, 1.807) is 6.08 Å². The second-order valence-electron chi connectivity index (χ2n) is 3.26. The number of ether oxygens (including phenoxy) is 1. The molecule has 0 radical (unpaired) electrons. The molecule has 2 atom stereocenters. The van der Waals surface area contributed by atoms with Gasteiger partial charge in [-0.3, -0.25) is 0 Å². The van der Waals surface area contributed by atoms with Crippen LogP contribution in [0.15, 0.2) is 22.2 Å². The molecule has 0 saturated heterocycles. The van der Waals surface area contributed by atoms with Crippen LogP contribution in [0.3, 0.4) is 0 Å². The first kappa shape index (κ1) is 10.1. The number of hydrogen-bond acceptors (Lipinski definition) is 1. The number of alkyl halides is 2. The van der Waals surface area contributed by atoms with Gasteiger partial charge >= 0.3 is 0 Å². The van der Waals surface area contributed by atoms with Crippen molar-refractivity contribution in [1.29, 1.82) is 0 Å². The molecule has 5 heteroatoms. The minimum atomic E-state index is -1.26. The van der Waals surface area contributed by atoms with E-state index >= 15 is 0 Å². The lowest BCUT2D eigenvalue weighted by molar-refractivity contribution is 0.00531. The van der Waals surface area contributed by atoms with Gasteiger partial charge in [0, 0.05) is 0 Å². The second kappa shape index (κ2) is 2.80. The third kappa shape index (κ3) is 1.25. The van der Waals surface area contributed by atoms with E-state index in [4.69, 9.17) is 51.1 Å². The predicted octanol–water partition coefficient (Wildman–Crippen LogP) is 3.58. The molecule has 0 aromatic carbocycles. The van der Waals surface area contributed by atoms with Gasteiger partial charge in [0.25, 0.3) is 0 Å². The average molecular weight is 260 g/mol. The summed E-state index contributed by atoms with van der Waals surface area (Å²) in [5.74, 6) is 0. The Morgan fingerprint density at radius 1 is 1.31 bits per heavy atom. The summed E-state index contributed by atoms with van der Waals surface area (Å²) in [4.78, 5) is 0. The largest absolute Gasteiger partial charge is 0.355 e. The van der Waals surface area contributed by atoms with Crippen molar-refractivity contribution in [3.05, 3.63) is 22.2 Å². The van der Waals surface area contributed by atoms with Crippen molar-refractivity contribution >= 4 is 46.4 Å². The quantitative estimate of drug-likeness (QED) is 0.477. The summed E-state index contributed by atoms with van der Waals surface area (Å²) in [6.07, 6.45) is 3.17. The molecule has 0 fully saturated rings. The third-order valence-corrected chi connectivity index (χ3v) is 4.39. The summed E-state index contributed by atoms with van der Waals surface area (Å²) >= 11 is 23.9. The van der Waals surface area contributed by atoms with Crippen LogP contribution in [0.5, 0.6) is 0 Å². The molecule has 0 spiro atoms. The Morgan fingerprint density at radius 2 is 1.92 bits per heavy atom. The molecule has 2 heterocycles. The molecule has 0 N–H and O–H groups in total. The molecule has 13 heavy (non-hydrogen) atoms. The molecule has 0 aromatic heterocycles. The first-order valence-electron chi connectivity index (χ1n) is 3.69. The average Bonchev–Trinajstić information content (AvgIpc) is 2.43. The van der Waals surface area contributed by atoms with Gasteiger partial charge in [0.15, 0.2) is 4.33 Å². The molecule has 72 valence electrons. The Kier molecular flexibility index (Phi) is 2.18. The highest BCUT2D eigenvalue weighted by atomic mass is 35.5. The lowest BCUT2D eigenvalue weighted by Crippen LogP contribution is -2.42. The van der Waals surface area contributed by atoms with Gasteiger partial charge in [-0.25, -0.2) is 0 Å². The zero-order chi connectivity index (χ0) is 9.85. The summed E-state index contributed by atoms with van der Waals surface area (Å²) in [6.45, 7) is 1.82. The van der Waals surface area contributed by atoms with Gasteiger partial charge in [0.1, 0.15) is 11.7 Å². The Morgan fingerprint density at radius 3 is 2.54 bits per heavy atom. The molecule has 2 aliphatic rings. The minimum Gasteiger partial charge on any atom is -0.355 e. The SMILES string of the molecule is CC12C=CC(O1)C(Cl)(Cl)C(Cl)=C2Cl. The fourth-order valence-corrected chi connectivity index (χ4v) is 2.49. The lowest BCUT2D eigenvalue weighted by Gasteiger charge is -2.36. The summed E-state index contributed by atoms with van der Waals surface area (Å²) in [6, 6.07) is 0. The Labute approximate surface area is 96.2 Å². The van der Waals surface area contributed by atoms with Gasteiger partial charge in [-0.15, -0.1) is 0 Å². The highest BCUT2D eigenvalue weighted by Crippen LogP contribution is 2.52. The van der Waals surface area contributed by atoms with Gasteiger partial charge in [-0.05, 0) is 13.0 Å². The standard InChI is InChI=1S/C8H6Cl4O/c1-7-3-2-4(13-7)8(11,12)6(10)5(7)9/h2-4H,1H3. The lowest BCUT2D eigenvalue weighted by atomic mass is 10.1. The molecule has 1 nitrogen and oxygen atoms in total. The molecular formula is C8H6Cl4O. The van der Waals surface area contributed by atoms with E-state index in [1.165, 1.54) is 0 Å². The van der Waals surface area contributed by atoms with Crippen LogP contribution in [-0.4, -0.2) is 16.0 Å². The maximum Gasteiger partial charge on any atom is 0.184 e. The van der Waals surface area contributed by atoms with Crippen molar-refractivity contribution in [2.24, 2.45) is 0 Å². The Balaban J connectivity index is 2.59. The van der Waals surface area contributed by atoms with Crippen molar-refractivity contribution in [3.8, 4) is 0 Å². The Hall–Kier alpha value is 0.600. The molecule has 0 amide bonds. The van der Waals surface area contributed by atoms with Crippen LogP contribution in [-0.2, 0) is 4.74 Å². The molecule has 0 aromatic rings. The van der Waals surface area contributed by atoms with E-state index in [2.05, 4.69) is 0 Å². The van der Waals surface area contributed by atoms with Crippen LogP contribution in [0.25, 0.3) is 0 Å². The third-order valence-electron chi connectivity index (χ3n) is 2.24. The van der Waals surface area contributed by atoms with Gasteiger partial charge in [0.2, 0.25) is 0 Å². The normalized spacial score (nSPS) is 41.5. The summed E-state index contributed by atoms with van der Waals surface area (Å²) in [5, 5.41) is 0.602. The van der Waals surface area contributed by atoms with Crippen molar-refractivity contribution in [3.63, 3.8) is 0 Å². The first-order valence-corrected chi connectivity index (χ1v) is 5.20. The van der Waals surface area contributed by atoms with Crippen LogP contribution in [0.1, 0.15) is 6.92 Å². The highest BCUT2D eigenvalue weighted by molar-refractivity contribution is 6.58. The molecular weight excluding hydrogens is 254 g/mol. The van der Waals surface area contributed by atoms with Crippen molar-refractivity contribution in [2.75, 3.05) is 0 Å². The molecule has 2 aliphatic heterocycles. The zero-order valence-electron chi connectivity index (χ0n) is 6.65. The molecule has 2 bridgehead atoms. The summed E-state index contributed by atoms with van der Waals surface area (Å²) < 4.78 is 4.27. The molecule has 0 saturated carbocycles. The van der Waals surface area contributed by atoms with Gasteiger partial charge in [-0.1, -0.05) is 52.5 Å². The molecule has 0 aliphatic carbocycles. The van der Waals surface area contributed by atoms with E-state index in [1.807, 2.05) is 13.0 Å². The van der Waals surface area contributed by atoms with Crippen molar-refractivity contribution in [1.82, 2.24) is 0 Å². The van der Waals surface area contributed by atoms with Crippen molar-refractivity contribution in [2.45, 2.75) is 23.0 Å². The second-order valence-corrected chi connectivity index (χ2v) is 5.40. The predicted molar refractivity (Wildman–Crippen MR) is 55.6 cm³/mol. The van der Waals surface area contributed by atoms with Gasteiger partial charge in [0.05, 0.1) is 10.1 Å². The van der Waals surface area contributed by atoms with Gasteiger partial charge in [-0.2, -0.15) is 0 Å². The zero-order valence-corrected chi connectivity index (χ0v) is 9.68. The van der Waals surface area contributed by atoms with Crippen LogP contribution in [0, 0.1) is 0 Å². The number of rotatable bonds is 0. The number of halogens is 4. The number of hydrogen-bond donors (Lipinski definition) is 0. The van der Waals surface area contributed by atoms with E-state index in [-0.39, 0.29) is 5.03 Å². The highest BCUT2D eigenvalue weighted by Gasteiger charge is 2.53. The molecule has 2 unspecified atom stereocenters. The van der Waals surface area contributed by atoms with E-state index < -0.39 is 16.0 Å². The van der Waals surface area contributed by atoms with Crippen LogP contribution >= 0.6 is 46.4 Å².